The largest absolute Gasteiger partial charge is 0.393 e. The molecular formula is C19H22O3. The van der Waals surface area contributed by atoms with Gasteiger partial charge >= 0.3 is 0 Å². The zero-order valence-corrected chi connectivity index (χ0v) is 12.8. The van der Waals surface area contributed by atoms with Crippen LogP contribution in [0.1, 0.15) is 35.7 Å². The van der Waals surface area contributed by atoms with E-state index >= 15 is 0 Å². The SMILES string of the molecule is C[C@H](C[C@H](O)CC(=O)c1ccccc1)OCc1ccccc1. The van der Waals surface area contributed by atoms with Crippen molar-refractivity contribution < 1.29 is 14.6 Å². The molecule has 2 aromatic carbocycles. The molecule has 1 N–H and O–H groups in total. The van der Waals surface area contributed by atoms with E-state index in [-0.39, 0.29) is 18.3 Å². The third-order valence-corrected chi connectivity index (χ3v) is 3.50. The topological polar surface area (TPSA) is 46.5 Å². The molecule has 2 atom stereocenters. The fraction of sp³-hybridized carbons (Fsp3) is 0.316. The van der Waals surface area contributed by atoms with Gasteiger partial charge in [-0.25, -0.2) is 0 Å². The number of ketones is 1. The quantitative estimate of drug-likeness (QED) is 0.757. The van der Waals surface area contributed by atoms with Crippen molar-refractivity contribution in [1.29, 1.82) is 0 Å². The molecule has 0 radical (unpaired) electrons. The van der Waals surface area contributed by atoms with Crippen LogP contribution in [0.5, 0.6) is 0 Å². The first-order valence-electron chi connectivity index (χ1n) is 7.57. The molecule has 0 bridgehead atoms. The number of ether oxygens (including phenoxy) is 1. The monoisotopic (exact) mass is 298 g/mol. The number of Topliss-reactive ketones (excluding diaryl/α,β-unsaturated/α-hetero) is 1. The zero-order valence-electron chi connectivity index (χ0n) is 12.8. The molecule has 0 unspecified atom stereocenters. The molecule has 2 aromatic rings. The van der Waals surface area contributed by atoms with Crippen molar-refractivity contribution in [2.45, 2.75) is 38.6 Å². The van der Waals surface area contributed by atoms with Gasteiger partial charge in [-0.3, -0.25) is 4.79 Å². The summed E-state index contributed by atoms with van der Waals surface area (Å²) in [4.78, 5) is 12.0. The highest BCUT2D eigenvalue weighted by Crippen LogP contribution is 2.12. The number of aliphatic hydroxyl groups excluding tert-OH is 1. The second-order valence-electron chi connectivity index (χ2n) is 5.49. The molecular weight excluding hydrogens is 276 g/mol. The minimum atomic E-state index is -0.682. The number of carbonyl (C=O) groups is 1. The van der Waals surface area contributed by atoms with Gasteiger partial charge in [0.25, 0.3) is 0 Å². The van der Waals surface area contributed by atoms with Gasteiger partial charge in [0, 0.05) is 12.0 Å². The summed E-state index contributed by atoms with van der Waals surface area (Å²) in [7, 11) is 0. The Morgan fingerprint density at radius 2 is 1.64 bits per heavy atom. The van der Waals surface area contributed by atoms with Gasteiger partial charge in [0.05, 0.1) is 18.8 Å². The lowest BCUT2D eigenvalue weighted by molar-refractivity contribution is 0.0136. The van der Waals surface area contributed by atoms with Gasteiger partial charge in [-0.1, -0.05) is 60.7 Å². The summed E-state index contributed by atoms with van der Waals surface area (Å²) in [6.07, 6.45) is -0.202. The highest BCUT2D eigenvalue weighted by molar-refractivity contribution is 5.96. The molecule has 0 fully saturated rings. The van der Waals surface area contributed by atoms with Crippen LogP contribution in [0.2, 0.25) is 0 Å². The number of aliphatic hydroxyl groups is 1. The number of rotatable bonds is 8. The van der Waals surface area contributed by atoms with E-state index in [1.165, 1.54) is 0 Å². The van der Waals surface area contributed by atoms with Crippen LogP contribution in [0, 0.1) is 0 Å². The Hall–Kier alpha value is -1.97. The normalized spacial score (nSPS) is 13.5. The van der Waals surface area contributed by atoms with Crippen LogP contribution in [0.4, 0.5) is 0 Å². The molecule has 0 aliphatic rings. The molecule has 0 aromatic heterocycles. The first-order chi connectivity index (χ1) is 10.6. The molecule has 0 aliphatic heterocycles. The van der Waals surface area contributed by atoms with Gasteiger partial charge < -0.3 is 9.84 Å². The molecule has 22 heavy (non-hydrogen) atoms. The Morgan fingerprint density at radius 3 is 2.27 bits per heavy atom. The molecule has 3 nitrogen and oxygen atoms in total. The van der Waals surface area contributed by atoms with Crippen molar-refractivity contribution >= 4 is 5.78 Å². The van der Waals surface area contributed by atoms with E-state index in [1.54, 1.807) is 12.1 Å². The van der Waals surface area contributed by atoms with Crippen molar-refractivity contribution in [3.8, 4) is 0 Å². The van der Waals surface area contributed by atoms with Crippen molar-refractivity contribution in [3.05, 3.63) is 71.8 Å². The van der Waals surface area contributed by atoms with E-state index in [2.05, 4.69) is 0 Å². The maximum absolute atomic E-state index is 12.0. The fourth-order valence-electron chi connectivity index (χ4n) is 2.30. The molecule has 0 saturated carbocycles. The lowest BCUT2D eigenvalue weighted by Gasteiger charge is -2.17. The van der Waals surface area contributed by atoms with Crippen LogP contribution in [0.15, 0.2) is 60.7 Å². The summed E-state index contributed by atoms with van der Waals surface area (Å²) in [6, 6.07) is 19.0. The molecule has 116 valence electrons. The highest BCUT2D eigenvalue weighted by atomic mass is 16.5. The maximum Gasteiger partial charge on any atom is 0.165 e. The summed E-state index contributed by atoms with van der Waals surface area (Å²) in [5, 5.41) is 10.0. The summed E-state index contributed by atoms with van der Waals surface area (Å²) in [5.41, 5.74) is 1.74. The summed E-state index contributed by atoms with van der Waals surface area (Å²) in [5.74, 6) is -0.0386. The van der Waals surface area contributed by atoms with Gasteiger partial charge in [-0.2, -0.15) is 0 Å². The van der Waals surface area contributed by atoms with Gasteiger partial charge in [0.2, 0.25) is 0 Å². The van der Waals surface area contributed by atoms with E-state index in [1.807, 2.05) is 55.5 Å². The highest BCUT2D eigenvalue weighted by Gasteiger charge is 2.16. The van der Waals surface area contributed by atoms with E-state index in [0.717, 1.165) is 5.56 Å². The van der Waals surface area contributed by atoms with Gasteiger partial charge in [-0.15, -0.1) is 0 Å². The van der Waals surface area contributed by atoms with Crippen molar-refractivity contribution in [3.63, 3.8) is 0 Å². The third-order valence-electron chi connectivity index (χ3n) is 3.50. The lowest BCUT2D eigenvalue weighted by Crippen LogP contribution is -2.21. The Labute approximate surface area is 131 Å². The second kappa shape index (κ2) is 8.47. The van der Waals surface area contributed by atoms with Crippen LogP contribution < -0.4 is 0 Å². The first-order valence-corrected chi connectivity index (χ1v) is 7.57. The first kappa shape index (κ1) is 16.4. The number of benzene rings is 2. The van der Waals surface area contributed by atoms with E-state index in [9.17, 15) is 9.90 Å². The summed E-state index contributed by atoms with van der Waals surface area (Å²) < 4.78 is 5.71. The van der Waals surface area contributed by atoms with Crippen molar-refractivity contribution in [2.24, 2.45) is 0 Å². The predicted octanol–water partition coefficient (Wildman–Crippen LogP) is 3.62. The summed E-state index contributed by atoms with van der Waals surface area (Å²) >= 11 is 0. The van der Waals surface area contributed by atoms with Gasteiger partial charge in [0.15, 0.2) is 5.78 Å². The van der Waals surface area contributed by atoms with E-state index < -0.39 is 6.10 Å². The fourth-order valence-corrected chi connectivity index (χ4v) is 2.30. The smallest absolute Gasteiger partial charge is 0.165 e. The third kappa shape index (κ3) is 5.43. The summed E-state index contributed by atoms with van der Waals surface area (Å²) in [6.45, 7) is 2.43. The van der Waals surface area contributed by atoms with Crippen LogP contribution >= 0.6 is 0 Å². The van der Waals surface area contributed by atoms with E-state index in [4.69, 9.17) is 4.74 Å². The number of hydrogen-bond donors (Lipinski definition) is 1. The zero-order chi connectivity index (χ0) is 15.8. The second-order valence-corrected chi connectivity index (χ2v) is 5.49. The lowest BCUT2D eigenvalue weighted by atomic mass is 10.0. The van der Waals surface area contributed by atoms with Crippen LogP contribution in [0.3, 0.4) is 0 Å². The number of carbonyl (C=O) groups excluding carboxylic acids is 1. The Kier molecular flexibility index (Phi) is 6.31. The molecule has 0 heterocycles. The molecule has 0 saturated heterocycles. The van der Waals surface area contributed by atoms with Gasteiger partial charge in [0.1, 0.15) is 0 Å². The van der Waals surface area contributed by atoms with Crippen molar-refractivity contribution in [2.75, 3.05) is 0 Å². The van der Waals surface area contributed by atoms with Gasteiger partial charge in [-0.05, 0) is 18.9 Å². The molecule has 0 aliphatic carbocycles. The Morgan fingerprint density at radius 1 is 1.05 bits per heavy atom. The van der Waals surface area contributed by atoms with E-state index in [0.29, 0.717) is 18.6 Å². The average Bonchev–Trinajstić information content (AvgIpc) is 2.54. The predicted molar refractivity (Wildman–Crippen MR) is 86.7 cm³/mol. The van der Waals surface area contributed by atoms with Crippen LogP contribution in [0.25, 0.3) is 0 Å². The Bertz CT molecular complexity index is 566. The van der Waals surface area contributed by atoms with Crippen LogP contribution in [-0.4, -0.2) is 23.1 Å². The molecule has 3 heteroatoms. The van der Waals surface area contributed by atoms with Crippen LogP contribution in [-0.2, 0) is 11.3 Å². The number of hydrogen-bond acceptors (Lipinski definition) is 3. The molecule has 0 spiro atoms. The molecule has 2 rings (SSSR count). The van der Waals surface area contributed by atoms with Crippen molar-refractivity contribution in [1.82, 2.24) is 0 Å². The standard InChI is InChI=1S/C19H22O3/c1-15(22-14-16-8-4-2-5-9-16)12-18(20)13-19(21)17-10-6-3-7-11-17/h2-11,15,18,20H,12-14H2,1H3/t15-,18+/m1/s1. The molecule has 0 amide bonds. The Balaban J connectivity index is 1.74. The minimum Gasteiger partial charge on any atom is -0.393 e. The minimum absolute atomic E-state index is 0.0386. The average molecular weight is 298 g/mol. The maximum atomic E-state index is 12.0.